The monoisotopic (exact) mass is 412 g/mol. The lowest BCUT2D eigenvalue weighted by Gasteiger charge is -2.25. The van der Waals surface area contributed by atoms with Crippen LogP contribution in [0.3, 0.4) is 0 Å². The second-order valence-corrected chi connectivity index (χ2v) is 8.94. The first kappa shape index (κ1) is 21.2. The second kappa shape index (κ2) is 8.27. The highest BCUT2D eigenvalue weighted by molar-refractivity contribution is 7.92. The van der Waals surface area contributed by atoms with Crippen LogP contribution >= 0.6 is 11.6 Å². The highest BCUT2D eigenvalue weighted by Crippen LogP contribution is 2.22. The van der Waals surface area contributed by atoms with Crippen LogP contribution < -0.4 is 10.0 Å². The van der Waals surface area contributed by atoms with E-state index in [1.807, 2.05) is 20.8 Å². The van der Waals surface area contributed by atoms with Gasteiger partial charge in [-0.1, -0.05) is 24.9 Å². The summed E-state index contributed by atoms with van der Waals surface area (Å²) in [5, 5.41) is 2.67. The van der Waals surface area contributed by atoms with Crippen LogP contribution in [0.15, 0.2) is 47.4 Å². The Kier molecular flexibility index (Phi) is 6.49. The van der Waals surface area contributed by atoms with Crippen molar-refractivity contribution in [3.05, 3.63) is 58.9 Å². The molecular weight excluding hydrogens is 391 g/mol. The second-order valence-electron chi connectivity index (χ2n) is 6.85. The Balaban J connectivity index is 2.13. The van der Waals surface area contributed by atoms with E-state index in [-0.39, 0.29) is 27.1 Å². The van der Waals surface area contributed by atoms with Gasteiger partial charge in [-0.25, -0.2) is 12.8 Å². The maximum absolute atomic E-state index is 13.2. The number of benzene rings is 2. The lowest BCUT2D eigenvalue weighted by atomic mass is 9.98. The summed E-state index contributed by atoms with van der Waals surface area (Å²) in [6, 6.07) is 9.20. The number of hydrogen-bond acceptors (Lipinski definition) is 3. The highest BCUT2D eigenvalue weighted by Gasteiger charge is 2.20. The van der Waals surface area contributed by atoms with E-state index in [4.69, 9.17) is 11.6 Å². The van der Waals surface area contributed by atoms with Gasteiger partial charge in [-0.3, -0.25) is 9.52 Å². The SMILES string of the molecule is CCCC(C)(C)NC(=O)c1ccc(NS(=O)(=O)c2ccc(F)c(Cl)c2)cc1. The fraction of sp³-hybridized carbons (Fsp3) is 0.316. The summed E-state index contributed by atoms with van der Waals surface area (Å²) in [5.74, 6) is -0.926. The smallest absolute Gasteiger partial charge is 0.261 e. The van der Waals surface area contributed by atoms with Crippen LogP contribution in [-0.4, -0.2) is 19.9 Å². The average molecular weight is 413 g/mol. The normalized spacial score (nSPS) is 11.9. The molecule has 0 spiro atoms. The Morgan fingerprint density at radius 1 is 1.15 bits per heavy atom. The van der Waals surface area contributed by atoms with Gasteiger partial charge in [0.25, 0.3) is 15.9 Å². The molecule has 0 saturated heterocycles. The summed E-state index contributed by atoms with van der Waals surface area (Å²) < 4.78 is 40.3. The van der Waals surface area contributed by atoms with Gasteiger partial charge in [-0.2, -0.15) is 0 Å². The number of nitrogens with one attached hydrogen (secondary N) is 2. The van der Waals surface area contributed by atoms with Gasteiger partial charge in [0.05, 0.1) is 9.92 Å². The van der Waals surface area contributed by atoms with Crippen LogP contribution in [0.1, 0.15) is 44.0 Å². The van der Waals surface area contributed by atoms with Gasteiger partial charge in [0.1, 0.15) is 5.82 Å². The van der Waals surface area contributed by atoms with Crippen molar-refractivity contribution in [3.63, 3.8) is 0 Å². The number of rotatable bonds is 7. The van der Waals surface area contributed by atoms with Crippen LogP contribution in [0.25, 0.3) is 0 Å². The maximum atomic E-state index is 13.2. The number of sulfonamides is 1. The van der Waals surface area contributed by atoms with Crippen LogP contribution in [0, 0.1) is 5.82 Å². The standard InChI is InChI=1S/C19H22ClFN2O3S/c1-4-11-19(2,3)22-18(24)13-5-7-14(8-6-13)23-27(25,26)15-9-10-17(21)16(20)12-15/h5-10,12,23H,4,11H2,1-3H3,(H,22,24). The maximum Gasteiger partial charge on any atom is 0.261 e. The predicted octanol–water partition coefficient (Wildman–Crippen LogP) is 4.59. The Bertz CT molecular complexity index is 928. The molecule has 0 aliphatic heterocycles. The van der Waals surface area contributed by atoms with Crippen LogP contribution in [0.4, 0.5) is 10.1 Å². The van der Waals surface area contributed by atoms with E-state index >= 15 is 0 Å². The summed E-state index contributed by atoms with van der Waals surface area (Å²) >= 11 is 5.64. The first-order chi connectivity index (χ1) is 12.5. The van der Waals surface area contributed by atoms with E-state index in [1.165, 1.54) is 24.3 Å². The van der Waals surface area contributed by atoms with E-state index in [0.29, 0.717) is 5.56 Å². The molecule has 2 N–H and O–H groups in total. The third kappa shape index (κ3) is 5.68. The molecule has 27 heavy (non-hydrogen) atoms. The van der Waals surface area contributed by atoms with Crippen LogP contribution in [-0.2, 0) is 10.0 Å². The fourth-order valence-corrected chi connectivity index (χ4v) is 3.94. The molecule has 0 aliphatic carbocycles. The molecule has 0 radical (unpaired) electrons. The van der Waals surface area contributed by atoms with Gasteiger partial charge >= 0.3 is 0 Å². The molecule has 0 aliphatic rings. The van der Waals surface area contributed by atoms with E-state index in [2.05, 4.69) is 10.0 Å². The molecule has 0 saturated carbocycles. The quantitative estimate of drug-likeness (QED) is 0.698. The van der Waals surface area contributed by atoms with Crippen molar-refractivity contribution in [1.82, 2.24) is 5.32 Å². The van der Waals surface area contributed by atoms with Crippen molar-refractivity contribution in [3.8, 4) is 0 Å². The molecule has 2 aromatic rings. The molecule has 0 fully saturated rings. The predicted molar refractivity (Wildman–Crippen MR) is 105 cm³/mol. The zero-order valence-electron chi connectivity index (χ0n) is 15.3. The van der Waals surface area contributed by atoms with E-state index in [0.717, 1.165) is 31.0 Å². The number of hydrogen-bond donors (Lipinski definition) is 2. The molecule has 5 nitrogen and oxygen atoms in total. The van der Waals surface area contributed by atoms with Crippen molar-refractivity contribution < 1.29 is 17.6 Å². The van der Waals surface area contributed by atoms with Gasteiger partial charge in [-0.05, 0) is 62.7 Å². The van der Waals surface area contributed by atoms with Crippen molar-refractivity contribution in [2.75, 3.05) is 4.72 Å². The summed E-state index contributed by atoms with van der Waals surface area (Å²) in [7, 11) is -3.92. The molecule has 146 valence electrons. The lowest BCUT2D eigenvalue weighted by molar-refractivity contribution is 0.0909. The van der Waals surface area contributed by atoms with Crippen molar-refractivity contribution >= 4 is 33.2 Å². The molecule has 2 rings (SSSR count). The number of anilines is 1. The molecule has 8 heteroatoms. The van der Waals surface area contributed by atoms with Crippen molar-refractivity contribution in [2.24, 2.45) is 0 Å². The molecule has 2 aromatic carbocycles. The third-order valence-corrected chi connectivity index (χ3v) is 5.60. The van der Waals surface area contributed by atoms with E-state index < -0.39 is 15.8 Å². The number of carbonyl (C=O) groups excluding carboxylic acids is 1. The third-order valence-electron chi connectivity index (χ3n) is 3.93. The molecule has 0 heterocycles. The molecular formula is C19H22ClFN2O3S. The molecule has 0 atom stereocenters. The number of amides is 1. The van der Waals surface area contributed by atoms with E-state index in [9.17, 15) is 17.6 Å². The first-order valence-corrected chi connectivity index (χ1v) is 10.3. The Labute approximate surface area is 164 Å². The zero-order valence-corrected chi connectivity index (χ0v) is 16.9. The van der Waals surface area contributed by atoms with Gasteiger partial charge in [0.15, 0.2) is 0 Å². The Morgan fingerprint density at radius 2 is 1.78 bits per heavy atom. The number of carbonyl (C=O) groups is 1. The minimum absolute atomic E-state index is 0.156. The summed E-state index contributed by atoms with van der Waals surface area (Å²) in [4.78, 5) is 12.2. The van der Waals surface area contributed by atoms with Gasteiger partial charge in [0.2, 0.25) is 0 Å². The highest BCUT2D eigenvalue weighted by atomic mass is 35.5. The number of halogens is 2. The van der Waals surface area contributed by atoms with Crippen molar-refractivity contribution in [1.29, 1.82) is 0 Å². The van der Waals surface area contributed by atoms with Crippen LogP contribution in [0.2, 0.25) is 5.02 Å². The molecule has 0 bridgehead atoms. The fourth-order valence-electron chi connectivity index (χ4n) is 2.61. The summed E-state index contributed by atoms with van der Waals surface area (Å²) in [6.45, 7) is 5.94. The largest absolute Gasteiger partial charge is 0.347 e. The summed E-state index contributed by atoms with van der Waals surface area (Å²) in [6.07, 6.45) is 1.79. The van der Waals surface area contributed by atoms with E-state index in [1.54, 1.807) is 0 Å². The van der Waals surface area contributed by atoms with Crippen molar-refractivity contribution in [2.45, 2.75) is 44.0 Å². The lowest BCUT2D eigenvalue weighted by Crippen LogP contribution is -2.43. The van der Waals surface area contributed by atoms with Crippen LogP contribution in [0.5, 0.6) is 0 Å². The Morgan fingerprint density at radius 3 is 2.33 bits per heavy atom. The topological polar surface area (TPSA) is 75.3 Å². The Hall–Kier alpha value is -2.12. The first-order valence-electron chi connectivity index (χ1n) is 8.44. The zero-order chi connectivity index (χ0) is 20.2. The molecule has 0 aromatic heterocycles. The van der Waals surface area contributed by atoms with Gasteiger partial charge in [-0.15, -0.1) is 0 Å². The molecule has 0 unspecified atom stereocenters. The average Bonchev–Trinajstić information content (AvgIpc) is 2.57. The summed E-state index contributed by atoms with van der Waals surface area (Å²) in [5.41, 5.74) is 0.375. The van der Waals surface area contributed by atoms with Gasteiger partial charge in [0, 0.05) is 16.8 Å². The molecule has 1 amide bonds. The minimum atomic E-state index is -3.92. The van der Waals surface area contributed by atoms with Gasteiger partial charge < -0.3 is 5.32 Å². The minimum Gasteiger partial charge on any atom is -0.347 e.